The maximum atomic E-state index is 12.3. The highest BCUT2D eigenvalue weighted by atomic mass is 35.5. The van der Waals surface area contributed by atoms with Crippen molar-refractivity contribution < 1.29 is 14.3 Å². The van der Waals surface area contributed by atoms with Crippen LogP contribution < -0.4 is 0 Å². The first-order valence-corrected chi connectivity index (χ1v) is 8.63. The first kappa shape index (κ1) is 18.6. The van der Waals surface area contributed by atoms with Crippen LogP contribution in [0.25, 0.3) is 0 Å². The molecule has 1 aliphatic rings. The van der Waals surface area contributed by atoms with Gasteiger partial charge in [0.2, 0.25) is 5.91 Å². The summed E-state index contributed by atoms with van der Waals surface area (Å²) in [6, 6.07) is 7.58. The van der Waals surface area contributed by atoms with Crippen molar-refractivity contribution in [3.8, 4) is 0 Å². The van der Waals surface area contributed by atoms with Crippen molar-refractivity contribution in [2.24, 2.45) is 0 Å². The highest BCUT2D eigenvalue weighted by molar-refractivity contribution is 6.31. The first-order valence-electron chi connectivity index (χ1n) is 8.25. The molecule has 0 N–H and O–H groups in total. The minimum atomic E-state index is -0.501. The minimum Gasteiger partial charge on any atom is -0.444 e. The highest BCUT2D eigenvalue weighted by Gasteiger charge is 2.27. The highest BCUT2D eigenvalue weighted by Crippen LogP contribution is 2.17. The van der Waals surface area contributed by atoms with Crippen LogP contribution in [-0.4, -0.2) is 53.6 Å². The summed E-state index contributed by atoms with van der Waals surface area (Å²) in [6.07, 6.45) is 0.742. The van der Waals surface area contributed by atoms with Crippen molar-refractivity contribution in [3.05, 3.63) is 34.9 Å². The van der Waals surface area contributed by atoms with Crippen molar-refractivity contribution in [2.45, 2.75) is 39.2 Å². The van der Waals surface area contributed by atoms with Crippen LogP contribution in [0, 0.1) is 0 Å². The molecule has 24 heavy (non-hydrogen) atoms. The summed E-state index contributed by atoms with van der Waals surface area (Å²) in [7, 11) is 0. The van der Waals surface area contributed by atoms with E-state index in [1.807, 2.05) is 45.0 Å². The lowest BCUT2D eigenvalue weighted by Crippen LogP contribution is -2.51. The van der Waals surface area contributed by atoms with Crippen molar-refractivity contribution in [1.29, 1.82) is 0 Å². The van der Waals surface area contributed by atoms with Crippen LogP contribution in [0.2, 0.25) is 5.02 Å². The number of ether oxygens (including phenoxy) is 1. The second-order valence-corrected chi connectivity index (χ2v) is 7.35. The zero-order valence-electron chi connectivity index (χ0n) is 14.5. The molecule has 2 amide bonds. The zero-order chi connectivity index (χ0) is 17.7. The number of nitrogens with zero attached hydrogens (tertiary/aromatic N) is 2. The van der Waals surface area contributed by atoms with Gasteiger partial charge in [0.15, 0.2) is 0 Å². The summed E-state index contributed by atoms with van der Waals surface area (Å²) in [4.78, 5) is 27.8. The fraction of sp³-hybridized carbons (Fsp3) is 0.556. The van der Waals surface area contributed by atoms with Gasteiger partial charge in [0.05, 0.1) is 0 Å². The molecule has 6 heteroatoms. The summed E-state index contributed by atoms with van der Waals surface area (Å²) in [5.41, 5.74) is 0.485. The van der Waals surface area contributed by atoms with Gasteiger partial charge in [-0.3, -0.25) is 4.79 Å². The molecular formula is C18H25ClN2O3. The Balaban J connectivity index is 1.78. The Hall–Kier alpha value is -1.75. The molecule has 1 aromatic carbocycles. The minimum absolute atomic E-state index is 0.0961. The third-order valence-electron chi connectivity index (χ3n) is 3.85. The number of aryl methyl sites for hydroxylation is 1. The van der Waals surface area contributed by atoms with Gasteiger partial charge in [-0.25, -0.2) is 4.79 Å². The van der Waals surface area contributed by atoms with Gasteiger partial charge in [-0.2, -0.15) is 0 Å². The maximum Gasteiger partial charge on any atom is 0.410 e. The number of benzene rings is 1. The van der Waals surface area contributed by atoms with Crippen molar-refractivity contribution >= 4 is 23.6 Å². The lowest BCUT2D eigenvalue weighted by Gasteiger charge is -2.35. The van der Waals surface area contributed by atoms with E-state index in [9.17, 15) is 9.59 Å². The van der Waals surface area contributed by atoms with E-state index in [4.69, 9.17) is 16.3 Å². The molecule has 0 aliphatic carbocycles. The van der Waals surface area contributed by atoms with Crippen molar-refractivity contribution in [3.63, 3.8) is 0 Å². The van der Waals surface area contributed by atoms with Crippen LogP contribution in [0.1, 0.15) is 32.8 Å². The van der Waals surface area contributed by atoms with Gasteiger partial charge >= 0.3 is 6.09 Å². The summed E-state index contributed by atoms with van der Waals surface area (Å²) in [5.74, 6) is 0.0961. The first-order chi connectivity index (χ1) is 11.3. The second-order valence-electron chi connectivity index (χ2n) is 6.94. The number of rotatable bonds is 3. The third kappa shape index (κ3) is 5.41. The number of hydrogen-bond donors (Lipinski definition) is 0. The molecule has 0 saturated carbocycles. The Bertz CT molecular complexity index is 590. The lowest BCUT2D eigenvalue weighted by molar-refractivity contribution is -0.132. The standard InChI is InChI=1S/C18H25ClN2O3/c1-18(2,3)24-17(23)21-12-10-20(11-13-21)16(22)9-8-14-6-4-5-7-15(14)19/h4-7H,8-13H2,1-3H3. The molecule has 0 atom stereocenters. The fourth-order valence-electron chi connectivity index (χ4n) is 2.57. The van der Waals surface area contributed by atoms with E-state index in [1.54, 1.807) is 9.80 Å². The van der Waals surface area contributed by atoms with Gasteiger partial charge in [-0.05, 0) is 38.8 Å². The molecule has 132 valence electrons. The van der Waals surface area contributed by atoms with E-state index in [1.165, 1.54) is 0 Å². The van der Waals surface area contributed by atoms with Crippen molar-refractivity contribution in [1.82, 2.24) is 9.80 Å². The maximum absolute atomic E-state index is 12.3. The van der Waals surface area contributed by atoms with Crippen molar-refractivity contribution in [2.75, 3.05) is 26.2 Å². The fourth-order valence-corrected chi connectivity index (χ4v) is 2.80. The van der Waals surface area contributed by atoms with Crippen LogP contribution in [0.3, 0.4) is 0 Å². The summed E-state index contributed by atoms with van der Waals surface area (Å²) >= 11 is 6.12. The van der Waals surface area contributed by atoms with Gasteiger partial charge < -0.3 is 14.5 Å². The van der Waals surface area contributed by atoms with E-state index in [-0.39, 0.29) is 12.0 Å². The SMILES string of the molecule is CC(C)(C)OC(=O)N1CCN(C(=O)CCc2ccccc2Cl)CC1. The Labute approximate surface area is 148 Å². The smallest absolute Gasteiger partial charge is 0.410 e. The van der Waals surface area contributed by atoms with Crippen LogP contribution in [0.4, 0.5) is 4.79 Å². The summed E-state index contributed by atoms with van der Waals surface area (Å²) < 4.78 is 5.36. The van der Waals surface area contributed by atoms with E-state index in [2.05, 4.69) is 0 Å². The summed E-state index contributed by atoms with van der Waals surface area (Å²) in [5, 5.41) is 0.694. The second kappa shape index (κ2) is 7.88. The van der Waals surface area contributed by atoms with E-state index in [0.29, 0.717) is 44.0 Å². The number of hydrogen-bond acceptors (Lipinski definition) is 3. The Kier molecular flexibility index (Phi) is 6.10. The van der Waals surface area contributed by atoms with Crippen LogP contribution >= 0.6 is 11.6 Å². The van der Waals surface area contributed by atoms with Crippen LogP contribution in [0.5, 0.6) is 0 Å². The summed E-state index contributed by atoms with van der Waals surface area (Å²) in [6.45, 7) is 7.64. The molecule has 1 aliphatic heterocycles. The van der Waals surface area contributed by atoms with Crippen LogP contribution in [0.15, 0.2) is 24.3 Å². The molecular weight excluding hydrogens is 328 g/mol. The van der Waals surface area contributed by atoms with Gasteiger partial charge in [0, 0.05) is 37.6 Å². The molecule has 1 aromatic rings. The van der Waals surface area contributed by atoms with Gasteiger partial charge in [-0.1, -0.05) is 29.8 Å². The quantitative estimate of drug-likeness (QED) is 0.838. The van der Waals surface area contributed by atoms with E-state index in [0.717, 1.165) is 5.56 Å². The molecule has 5 nitrogen and oxygen atoms in total. The zero-order valence-corrected chi connectivity index (χ0v) is 15.3. The number of piperazine rings is 1. The number of amides is 2. The Morgan fingerprint density at radius 1 is 1.08 bits per heavy atom. The molecule has 0 spiro atoms. The van der Waals surface area contributed by atoms with Gasteiger partial charge in [-0.15, -0.1) is 0 Å². The molecule has 0 bridgehead atoms. The molecule has 0 radical (unpaired) electrons. The molecule has 1 saturated heterocycles. The Morgan fingerprint density at radius 3 is 2.25 bits per heavy atom. The average Bonchev–Trinajstić information content (AvgIpc) is 2.52. The molecule has 0 aromatic heterocycles. The molecule has 1 heterocycles. The predicted octanol–water partition coefficient (Wildman–Crippen LogP) is 3.35. The number of halogens is 1. The average molecular weight is 353 g/mol. The third-order valence-corrected chi connectivity index (χ3v) is 4.22. The van der Waals surface area contributed by atoms with E-state index < -0.39 is 5.60 Å². The largest absolute Gasteiger partial charge is 0.444 e. The van der Waals surface area contributed by atoms with E-state index >= 15 is 0 Å². The van der Waals surface area contributed by atoms with Gasteiger partial charge in [0.1, 0.15) is 5.60 Å². The lowest BCUT2D eigenvalue weighted by atomic mass is 10.1. The monoisotopic (exact) mass is 352 g/mol. The number of carbonyl (C=O) groups is 2. The number of carbonyl (C=O) groups excluding carboxylic acids is 2. The molecule has 1 fully saturated rings. The normalized spacial score (nSPS) is 15.3. The van der Waals surface area contributed by atoms with Crippen LogP contribution in [-0.2, 0) is 16.0 Å². The Morgan fingerprint density at radius 2 is 1.67 bits per heavy atom. The van der Waals surface area contributed by atoms with Gasteiger partial charge in [0.25, 0.3) is 0 Å². The predicted molar refractivity (Wildman–Crippen MR) is 94.2 cm³/mol. The molecule has 2 rings (SSSR count). The molecule has 0 unspecified atom stereocenters. The topological polar surface area (TPSA) is 49.9 Å².